The number of ether oxygens (including phenoxy) is 1. The summed E-state index contributed by atoms with van der Waals surface area (Å²) in [4.78, 5) is 40.1. The van der Waals surface area contributed by atoms with Crippen LogP contribution in [0.3, 0.4) is 0 Å². The number of carbonyl (C=O) groups is 2. The fourth-order valence-electron chi connectivity index (χ4n) is 4.50. The summed E-state index contributed by atoms with van der Waals surface area (Å²) in [7, 11) is 0. The molecule has 0 aliphatic carbocycles. The number of anilines is 1. The van der Waals surface area contributed by atoms with Crippen LogP contribution in [0, 0.1) is 6.92 Å². The Labute approximate surface area is 214 Å². The molecule has 2 N–H and O–H groups in total. The number of aryl methyl sites for hydroxylation is 1. The summed E-state index contributed by atoms with van der Waals surface area (Å²) < 4.78 is 5.76. The number of Topliss-reactive ketones (excluding diaryl/α,β-unsaturated/α-hetero) is 1. The number of benzene rings is 2. The highest BCUT2D eigenvalue weighted by Gasteiger charge is 2.48. The van der Waals surface area contributed by atoms with E-state index < -0.39 is 17.7 Å². The Balaban J connectivity index is 1.55. The van der Waals surface area contributed by atoms with Gasteiger partial charge in [-0.1, -0.05) is 31.9 Å². The number of rotatable bonds is 8. The van der Waals surface area contributed by atoms with Gasteiger partial charge in [0.25, 0.3) is 5.78 Å². The second-order valence-electron chi connectivity index (χ2n) is 9.08. The lowest BCUT2D eigenvalue weighted by Crippen LogP contribution is -2.30. The molecule has 1 unspecified atom stereocenters. The Morgan fingerprint density at radius 1 is 1.08 bits per heavy atom. The monoisotopic (exact) mass is 496 g/mol. The van der Waals surface area contributed by atoms with Gasteiger partial charge in [-0.3, -0.25) is 19.5 Å². The molecule has 3 heterocycles. The van der Waals surface area contributed by atoms with Gasteiger partial charge in [0, 0.05) is 11.8 Å². The molecule has 2 aromatic heterocycles. The van der Waals surface area contributed by atoms with Gasteiger partial charge >= 0.3 is 5.91 Å². The van der Waals surface area contributed by atoms with Crippen molar-refractivity contribution in [1.29, 1.82) is 0 Å². The molecule has 0 saturated carbocycles. The van der Waals surface area contributed by atoms with Crippen LogP contribution in [0.4, 0.5) is 5.95 Å². The fourth-order valence-corrected chi connectivity index (χ4v) is 4.50. The summed E-state index contributed by atoms with van der Waals surface area (Å²) in [5.74, 6) is -0.977. The lowest BCUT2D eigenvalue weighted by atomic mass is 9.98. The molecule has 1 aliphatic rings. The van der Waals surface area contributed by atoms with Crippen molar-refractivity contribution in [3.05, 3.63) is 89.3 Å². The molecule has 37 heavy (non-hydrogen) atoms. The predicted molar refractivity (Wildman–Crippen MR) is 141 cm³/mol. The third kappa shape index (κ3) is 4.70. The third-order valence-electron chi connectivity index (χ3n) is 6.41. The maximum absolute atomic E-state index is 13.3. The molecule has 1 aliphatic heterocycles. The number of carbonyl (C=O) groups excluding carboxylic acids is 2. The van der Waals surface area contributed by atoms with Crippen LogP contribution in [0.2, 0.25) is 0 Å². The Morgan fingerprint density at radius 3 is 2.62 bits per heavy atom. The second kappa shape index (κ2) is 10.3. The maximum atomic E-state index is 13.3. The minimum Gasteiger partial charge on any atom is -0.507 e. The lowest BCUT2D eigenvalue weighted by molar-refractivity contribution is -0.132. The maximum Gasteiger partial charge on any atom is 0.302 e. The highest BCUT2D eigenvalue weighted by Crippen LogP contribution is 2.41. The molecule has 1 fully saturated rings. The van der Waals surface area contributed by atoms with E-state index in [0.717, 1.165) is 30.3 Å². The number of imidazole rings is 1. The molecular weight excluding hydrogens is 468 g/mol. The minimum absolute atomic E-state index is 0.0445. The van der Waals surface area contributed by atoms with Crippen molar-refractivity contribution < 1.29 is 19.4 Å². The van der Waals surface area contributed by atoms with E-state index in [-0.39, 0.29) is 17.3 Å². The molecule has 188 valence electrons. The van der Waals surface area contributed by atoms with E-state index in [4.69, 9.17) is 4.74 Å². The molecule has 0 radical (unpaired) electrons. The van der Waals surface area contributed by atoms with E-state index in [1.807, 2.05) is 25.1 Å². The van der Waals surface area contributed by atoms with E-state index in [9.17, 15) is 14.7 Å². The number of unbranched alkanes of at least 4 members (excludes halogenated alkanes) is 2. The van der Waals surface area contributed by atoms with E-state index in [1.54, 1.807) is 48.7 Å². The number of pyridine rings is 1. The van der Waals surface area contributed by atoms with Gasteiger partial charge in [0.2, 0.25) is 5.95 Å². The topological polar surface area (TPSA) is 108 Å². The van der Waals surface area contributed by atoms with Gasteiger partial charge in [-0.05, 0) is 67.4 Å². The number of hydrogen-bond donors (Lipinski definition) is 2. The van der Waals surface area contributed by atoms with E-state index >= 15 is 0 Å². The molecule has 1 saturated heterocycles. The Morgan fingerprint density at radius 2 is 1.89 bits per heavy atom. The van der Waals surface area contributed by atoms with Crippen molar-refractivity contribution >= 4 is 34.4 Å². The number of aliphatic hydroxyl groups excluding tert-OH is 1. The molecular formula is C29H28N4O4. The first-order valence-electron chi connectivity index (χ1n) is 12.4. The fraction of sp³-hybridized carbons (Fsp3) is 0.241. The largest absolute Gasteiger partial charge is 0.507 e. The van der Waals surface area contributed by atoms with Crippen LogP contribution in [-0.4, -0.2) is 38.4 Å². The number of nitrogens with one attached hydrogen (secondary N) is 1. The van der Waals surface area contributed by atoms with Crippen molar-refractivity contribution in [3.63, 3.8) is 0 Å². The van der Waals surface area contributed by atoms with E-state index in [0.29, 0.717) is 29.1 Å². The van der Waals surface area contributed by atoms with Gasteiger partial charge < -0.3 is 14.8 Å². The zero-order chi connectivity index (χ0) is 25.9. The number of fused-ring (bicyclic) bond motifs is 1. The van der Waals surface area contributed by atoms with Gasteiger partial charge in [0.1, 0.15) is 17.6 Å². The first-order chi connectivity index (χ1) is 18.0. The summed E-state index contributed by atoms with van der Waals surface area (Å²) in [5, 5.41) is 11.3. The normalized spacial score (nSPS) is 17.0. The van der Waals surface area contributed by atoms with E-state index in [2.05, 4.69) is 21.9 Å². The number of ketones is 1. The molecule has 5 rings (SSSR count). The minimum atomic E-state index is -0.951. The number of amides is 1. The zero-order valence-electron chi connectivity index (χ0n) is 20.8. The highest BCUT2D eigenvalue weighted by molar-refractivity contribution is 6.51. The second-order valence-corrected chi connectivity index (χ2v) is 9.08. The quantitative estimate of drug-likeness (QED) is 0.145. The van der Waals surface area contributed by atoms with Crippen LogP contribution in [0.15, 0.2) is 72.4 Å². The Kier molecular flexibility index (Phi) is 6.72. The van der Waals surface area contributed by atoms with Crippen LogP contribution >= 0.6 is 0 Å². The summed E-state index contributed by atoms with van der Waals surface area (Å²) >= 11 is 0. The van der Waals surface area contributed by atoms with Crippen LogP contribution in [0.1, 0.15) is 49.0 Å². The standard InChI is InChI=1S/C29H28N4O4/c1-3-4-7-16-37-20-12-10-19(11-13-20)26(34)24-25(22-8-5-6-15-30-22)33(28(36)27(24)35)29-31-21-14-9-18(2)17-23(21)32-29/h5-6,8-15,17,25,34H,3-4,7,16H2,1-2H3,(H,31,32)/b26-24+. The molecule has 1 atom stereocenters. The zero-order valence-corrected chi connectivity index (χ0v) is 20.8. The molecule has 0 bridgehead atoms. The molecule has 2 aromatic carbocycles. The summed E-state index contributed by atoms with van der Waals surface area (Å²) in [6.07, 6.45) is 4.76. The third-order valence-corrected chi connectivity index (χ3v) is 6.41. The SMILES string of the molecule is CCCCCOc1ccc(/C(O)=C2\C(=O)C(=O)N(c3nc4ccc(C)cc4[nH]3)C2c2ccccn2)cc1. The highest BCUT2D eigenvalue weighted by atomic mass is 16.5. The average Bonchev–Trinajstić information content (AvgIpc) is 3.44. The Bertz CT molecular complexity index is 1480. The van der Waals surface area contributed by atoms with E-state index in [1.165, 1.54) is 4.90 Å². The van der Waals surface area contributed by atoms with Crippen molar-refractivity contribution in [2.75, 3.05) is 11.5 Å². The van der Waals surface area contributed by atoms with Crippen LogP contribution in [0.5, 0.6) is 5.75 Å². The number of hydrogen-bond acceptors (Lipinski definition) is 6. The van der Waals surface area contributed by atoms with Crippen molar-refractivity contribution in [2.45, 2.75) is 39.2 Å². The average molecular weight is 497 g/mol. The summed E-state index contributed by atoms with van der Waals surface area (Å²) in [6, 6.07) is 16.8. The first kappa shape index (κ1) is 24.2. The van der Waals surface area contributed by atoms with Crippen molar-refractivity contribution in [2.24, 2.45) is 0 Å². The molecule has 1 amide bonds. The van der Waals surface area contributed by atoms with Crippen LogP contribution < -0.4 is 9.64 Å². The lowest BCUT2D eigenvalue weighted by Gasteiger charge is -2.22. The van der Waals surface area contributed by atoms with Crippen molar-refractivity contribution in [3.8, 4) is 5.75 Å². The summed E-state index contributed by atoms with van der Waals surface area (Å²) in [6.45, 7) is 4.71. The van der Waals surface area contributed by atoms with Gasteiger partial charge in [0.05, 0.1) is 28.9 Å². The molecule has 8 heteroatoms. The van der Waals surface area contributed by atoms with Gasteiger partial charge in [0.15, 0.2) is 0 Å². The van der Waals surface area contributed by atoms with Gasteiger partial charge in [-0.2, -0.15) is 0 Å². The van der Waals surface area contributed by atoms with Crippen LogP contribution in [0.25, 0.3) is 16.8 Å². The first-order valence-corrected chi connectivity index (χ1v) is 12.4. The number of nitrogens with zero attached hydrogens (tertiary/aromatic N) is 3. The molecule has 4 aromatic rings. The predicted octanol–water partition coefficient (Wildman–Crippen LogP) is 5.46. The molecule has 8 nitrogen and oxygen atoms in total. The smallest absolute Gasteiger partial charge is 0.302 e. The van der Waals surface area contributed by atoms with Crippen LogP contribution in [-0.2, 0) is 9.59 Å². The molecule has 0 spiro atoms. The summed E-state index contributed by atoms with van der Waals surface area (Å²) in [5.41, 5.74) is 3.24. The number of aromatic nitrogens is 3. The number of aromatic amines is 1. The van der Waals surface area contributed by atoms with Gasteiger partial charge in [-0.15, -0.1) is 0 Å². The van der Waals surface area contributed by atoms with Crippen molar-refractivity contribution in [1.82, 2.24) is 15.0 Å². The number of aliphatic hydroxyl groups is 1. The Hall–Kier alpha value is -4.46. The van der Waals surface area contributed by atoms with Gasteiger partial charge in [-0.25, -0.2) is 4.98 Å². The number of H-pyrrole nitrogens is 1.